The Labute approximate surface area is 111 Å². The third-order valence-electron chi connectivity index (χ3n) is 2.67. The SMILES string of the molecule is Cc1cc(Cl)c(C(=O)N(C)c2ccccc2)cn1. The molecule has 0 radical (unpaired) electrons. The highest BCUT2D eigenvalue weighted by Gasteiger charge is 2.16. The molecule has 0 atom stereocenters. The largest absolute Gasteiger partial charge is 0.311 e. The van der Waals surface area contributed by atoms with Gasteiger partial charge in [-0.1, -0.05) is 29.8 Å². The highest BCUT2D eigenvalue weighted by atomic mass is 35.5. The first-order valence-corrected chi connectivity index (χ1v) is 5.92. The summed E-state index contributed by atoms with van der Waals surface area (Å²) >= 11 is 6.07. The van der Waals surface area contributed by atoms with E-state index in [1.807, 2.05) is 37.3 Å². The van der Waals surface area contributed by atoms with Crippen LogP contribution in [0.15, 0.2) is 42.6 Å². The first kappa shape index (κ1) is 12.6. The monoisotopic (exact) mass is 260 g/mol. The number of aryl methyl sites for hydroxylation is 1. The second-order valence-electron chi connectivity index (χ2n) is 4.01. The maximum absolute atomic E-state index is 12.3. The van der Waals surface area contributed by atoms with Gasteiger partial charge >= 0.3 is 0 Å². The molecule has 0 N–H and O–H groups in total. The lowest BCUT2D eigenvalue weighted by atomic mass is 10.2. The molecule has 92 valence electrons. The topological polar surface area (TPSA) is 33.2 Å². The van der Waals surface area contributed by atoms with Crippen molar-refractivity contribution in [1.82, 2.24) is 4.98 Å². The smallest absolute Gasteiger partial charge is 0.261 e. The van der Waals surface area contributed by atoms with Crippen LogP contribution in [0, 0.1) is 6.92 Å². The Morgan fingerprint density at radius 3 is 2.56 bits per heavy atom. The van der Waals surface area contributed by atoms with Crippen LogP contribution in [-0.2, 0) is 0 Å². The van der Waals surface area contributed by atoms with Crippen molar-refractivity contribution in [3.8, 4) is 0 Å². The number of benzene rings is 1. The molecule has 0 bridgehead atoms. The van der Waals surface area contributed by atoms with E-state index in [1.54, 1.807) is 18.0 Å². The van der Waals surface area contributed by atoms with Gasteiger partial charge in [0.15, 0.2) is 0 Å². The number of rotatable bonds is 2. The van der Waals surface area contributed by atoms with E-state index >= 15 is 0 Å². The van der Waals surface area contributed by atoms with Gasteiger partial charge in [-0.05, 0) is 25.1 Å². The molecule has 1 heterocycles. The van der Waals surface area contributed by atoms with Crippen LogP contribution in [0.4, 0.5) is 5.69 Å². The molecule has 3 nitrogen and oxygen atoms in total. The van der Waals surface area contributed by atoms with Gasteiger partial charge < -0.3 is 4.90 Å². The standard InChI is InChI=1S/C14H13ClN2O/c1-10-8-13(15)12(9-16-10)14(18)17(2)11-6-4-3-5-7-11/h3-9H,1-2H3. The van der Waals surface area contributed by atoms with Gasteiger partial charge in [-0.15, -0.1) is 0 Å². The zero-order chi connectivity index (χ0) is 13.1. The van der Waals surface area contributed by atoms with E-state index in [0.29, 0.717) is 10.6 Å². The summed E-state index contributed by atoms with van der Waals surface area (Å²) in [5, 5.41) is 0.426. The Morgan fingerprint density at radius 1 is 1.28 bits per heavy atom. The molecular formula is C14H13ClN2O. The van der Waals surface area contributed by atoms with Crippen LogP contribution < -0.4 is 4.90 Å². The average Bonchev–Trinajstić information content (AvgIpc) is 2.38. The molecule has 0 spiro atoms. The Morgan fingerprint density at radius 2 is 1.94 bits per heavy atom. The number of amides is 1. The minimum atomic E-state index is -0.168. The molecule has 1 aromatic heterocycles. The van der Waals surface area contributed by atoms with Crippen LogP contribution in [-0.4, -0.2) is 17.9 Å². The van der Waals surface area contributed by atoms with Crippen LogP contribution in [0.3, 0.4) is 0 Å². The summed E-state index contributed by atoms with van der Waals surface area (Å²) in [6, 6.07) is 11.1. The lowest BCUT2D eigenvalue weighted by Crippen LogP contribution is -2.26. The Balaban J connectivity index is 2.32. The van der Waals surface area contributed by atoms with Crippen LogP contribution in [0.5, 0.6) is 0 Å². The number of nitrogens with zero attached hydrogens (tertiary/aromatic N) is 2. The molecule has 0 aliphatic rings. The van der Waals surface area contributed by atoms with E-state index in [4.69, 9.17) is 11.6 Å². The van der Waals surface area contributed by atoms with Crippen molar-refractivity contribution in [2.24, 2.45) is 0 Å². The van der Waals surface area contributed by atoms with E-state index in [2.05, 4.69) is 4.98 Å². The summed E-state index contributed by atoms with van der Waals surface area (Å²) in [4.78, 5) is 17.9. The van der Waals surface area contributed by atoms with Crippen LogP contribution in [0.1, 0.15) is 16.1 Å². The van der Waals surface area contributed by atoms with Gasteiger partial charge in [-0.3, -0.25) is 9.78 Å². The van der Waals surface area contributed by atoms with Gasteiger partial charge in [0.05, 0.1) is 10.6 Å². The molecule has 0 saturated carbocycles. The van der Waals surface area contributed by atoms with Crippen LogP contribution in [0.2, 0.25) is 5.02 Å². The average molecular weight is 261 g/mol. The number of anilines is 1. The molecular weight excluding hydrogens is 248 g/mol. The zero-order valence-corrected chi connectivity index (χ0v) is 11.0. The summed E-state index contributed by atoms with van der Waals surface area (Å²) < 4.78 is 0. The van der Waals surface area contributed by atoms with Crippen LogP contribution in [0.25, 0.3) is 0 Å². The van der Waals surface area contributed by atoms with Gasteiger partial charge in [0, 0.05) is 24.6 Å². The molecule has 1 aromatic carbocycles. The lowest BCUT2D eigenvalue weighted by molar-refractivity contribution is 0.0993. The number of hydrogen-bond donors (Lipinski definition) is 0. The molecule has 4 heteroatoms. The van der Waals surface area contributed by atoms with Crippen molar-refractivity contribution < 1.29 is 4.79 Å². The number of para-hydroxylation sites is 1. The molecule has 2 rings (SSSR count). The van der Waals surface area contributed by atoms with Crippen molar-refractivity contribution in [2.75, 3.05) is 11.9 Å². The maximum atomic E-state index is 12.3. The van der Waals surface area contributed by atoms with Gasteiger partial charge in [-0.25, -0.2) is 0 Å². The molecule has 0 aliphatic carbocycles. The van der Waals surface area contributed by atoms with Gasteiger partial charge in [0.2, 0.25) is 0 Å². The van der Waals surface area contributed by atoms with Crippen molar-refractivity contribution in [1.29, 1.82) is 0 Å². The third kappa shape index (κ3) is 2.51. The number of carbonyl (C=O) groups is 1. The fourth-order valence-electron chi connectivity index (χ4n) is 1.63. The minimum absolute atomic E-state index is 0.168. The number of hydrogen-bond acceptors (Lipinski definition) is 2. The van der Waals surface area contributed by atoms with Crippen molar-refractivity contribution in [2.45, 2.75) is 6.92 Å². The quantitative estimate of drug-likeness (QED) is 0.830. The predicted molar refractivity (Wildman–Crippen MR) is 73.2 cm³/mol. The molecule has 0 fully saturated rings. The summed E-state index contributed by atoms with van der Waals surface area (Å²) in [7, 11) is 1.72. The first-order chi connectivity index (χ1) is 8.59. The Hall–Kier alpha value is -1.87. The molecule has 2 aromatic rings. The van der Waals surface area contributed by atoms with Crippen molar-refractivity contribution in [3.63, 3.8) is 0 Å². The van der Waals surface area contributed by atoms with E-state index in [9.17, 15) is 4.79 Å². The van der Waals surface area contributed by atoms with Crippen molar-refractivity contribution in [3.05, 3.63) is 58.9 Å². The second-order valence-corrected chi connectivity index (χ2v) is 4.41. The second kappa shape index (κ2) is 5.19. The van der Waals surface area contributed by atoms with Crippen LogP contribution >= 0.6 is 11.6 Å². The minimum Gasteiger partial charge on any atom is -0.311 e. The number of pyridine rings is 1. The van der Waals surface area contributed by atoms with Gasteiger partial charge in [-0.2, -0.15) is 0 Å². The molecule has 0 aliphatic heterocycles. The number of aromatic nitrogens is 1. The predicted octanol–water partition coefficient (Wildman–Crippen LogP) is 3.32. The van der Waals surface area contributed by atoms with Gasteiger partial charge in [0.1, 0.15) is 0 Å². The molecule has 0 saturated heterocycles. The summed E-state index contributed by atoms with van der Waals surface area (Å²) in [6.07, 6.45) is 1.51. The normalized spacial score (nSPS) is 10.2. The number of halogens is 1. The third-order valence-corrected chi connectivity index (χ3v) is 2.98. The molecule has 1 amide bonds. The Kier molecular flexibility index (Phi) is 3.63. The van der Waals surface area contributed by atoms with Crippen molar-refractivity contribution >= 4 is 23.2 Å². The number of carbonyl (C=O) groups excluding carboxylic acids is 1. The molecule has 18 heavy (non-hydrogen) atoms. The van der Waals surface area contributed by atoms with E-state index in [-0.39, 0.29) is 5.91 Å². The van der Waals surface area contributed by atoms with E-state index in [1.165, 1.54) is 6.20 Å². The van der Waals surface area contributed by atoms with E-state index < -0.39 is 0 Å². The zero-order valence-electron chi connectivity index (χ0n) is 10.2. The summed E-state index contributed by atoms with van der Waals surface area (Å²) in [6.45, 7) is 1.83. The summed E-state index contributed by atoms with van der Waals surface area (Å²) in [5.41, 5.74) is 2.02. The lowest BCUT2D eigenvalue weighted by Gasteiger charge is -2.17. The fourth-order valence-corrected chi connectivity index (χ4v) is 1.92. The fraction of sp³-hybridized carbons (Fsp3) is 0.143. The van der Waals surface area contributed by atoms with E-state index in [0.717, 1.165) is 11.4 Å². The highest BCUT2D eigenvalue weighted by molar-refractivity contribution is 6.34. The first-order valence-electron chi connectivity index (χ1n) is 5.55. The highest BCUT2D eigenvalue weighted by Crippen LogP contribution is 2.20. The maximum Gasteiger partial charge on any atom is 0.261 e. The van der Waals surface area contributed by atoms with Gasteiger partial charge in [0.25, 0.3) is 5.91 Å². The summed E-state index contributed by atoms with van der Waals surface area (Å²) in [5.74, 6) is -0.168. The Bertz CT molecular complexity index is 569. The molecule has 0 unspecified atom stereocenters.